The zero-order chi connectivity index (χ0) is 26.7. The van der Waals surface area contributed by atoms with Gasteiger partial charge in [-0.25, -0.2) is 0 Å². The third-order valence-corrected chi connectivity index (χ3v) is 8.41. The first-order valence-corrected chi connectivity index (χ1v) is 14.2. The predicted octanol–water partition coefficient (Wildman–Crippen LogP) is 4.15. The maximum absolute atomic E-state index is 13.2. The van der Waals surface area contributed by atoms with E-state index in [0.29, 0.717) is 42.6 Å². The Hall–Kier alpha value is -2.82. The molecule has 2 aliphatic heterocycles. The van der Waals surface area contributed by atoms with Crippen LogP contribution in [-0.4, -0.2) is 63.7 Å². The fourth-order valence-corrected chi connectivity index (χ4v) is 6.01. The van der Waals surface area contributed by atoms with Crippen LogP contribution in [0.15, 0.2) is 35.2 Å². The van der Waals surface area contributed by atoms with Gasteiger partial charge >= 0.3 is 0 Å². The molecule has 0 bridgehead atoms. The molecule has 9 nitrogen and oxygen atoms in total. The van der Waals surface area contributed by atoms with Crippen molar-refractivity contribution >= 4 is 27.4 Å². The van der Waals surface area contributed by atoms with Crippen molar-refractivity contribution < 1.29 is 27.2 Å². The van der Waals surface area contributed by atoms with Gasteiger partial charge in [0.1, 0.15) is 16.4 Å². The number of aryl methyl sites for hydroxylation is 1. The summed E-state index contributed by atoms with van der Waals surface area (Å²) < 4.78 is 43.9. The number of methoxy groups -OCH3 is 2. The number of carbonyl (C=O) groups excluding carboxylic acids is 1. The van der Waals surface area contributed by atoms with Crippen LogP contribution < -0.4 is 20.1 Å². The van der Waals surface area contributed by atoms with Gasteiger partial charge in [-0.3, -0.25) is 9.35 Å². The van der Waals surface area contributed by atoms with Gasteiger partial charge in [0.15, 0.2) is 0 Å². The number of nitrogens with zero attached hydrogens (tertiary/aromatic N) is 1. The number of amides is 1. The van der Waals surface area contributed by atoms with Gasteiger partial charge in [0, 0.05) is 30.0 Å². The Morgan fingerprint density at radius 2 is 1.78 bits per heavy atom. The normalized spacial score (nSPS) is 19.0. The van der Waals surface area contributed by atoms with Gasteiger partial charge < -0.3 is 25.0 Å². The molecule has 2 aliphatic rings. The Labute approximate surface area is 219 Å². The third-order valence-electron chi connectivity index (χ3n) is 7.54. The van der Waals surface area contributed by atoms with E-state index in [4.69, 9.17) is 9.47 Å². The molecule has 2 heterocycles. The number of anilines is 2. The molecule has 1 fully saturated rings. The number of benzene rings is 2. The molecule has 0 aliphatic carbocycles. The molecular formula is C27H37N3O6S. The van der Waals surface area contributed by atoms with Crippen molar-refractivity contribution in [2.24, 2.45) is 5.92 Å². The minimum absolute atomic E-state index is 0.0571. The molecule has 10 heteroatoms. The number of hydrogen-bond donors (Lipinski definition) is 3. The Balaban J connectivity index is 1.46. The molecular weight excluding hydrogens is 494 g/mol. The zero-order valence-electron chi connectivity index (χ0n) is 21.9. The molecule has 0 radical (unpaired) electrons. The fourth-order valence-electron chi connectivity index (χ4n) is 5.33. The van der Waals surface area contributed by atoms with Gasteiger partial charge in [0.25, 0.3) is 10.1 Å². The van der Waals surface area contributed by atoms with Crippen molar-refractivity contribution in [1.82, 2.24) is 4.90 Å². The molecule has 0 aromatic heterocycles. The first-order chi connectivity index (χ1) is 17.6. The van der Waals surface area contributed by atoms with Gasteiger partial charge in [-0.2, -0.15) is 8.42 Å². The van der Waals surface area contributed by atoms with Crippen molar-refractivity contribution in [3.63, 3.8) is 0 Å². The lowest BCUT2D eigenvalue weighted by Crippen LogP contribution is -2.37. The van der Waals surface area contributed by atoms with Crippen LogP contribution in [0.25, 0.3) is 0 Å². The van der Waals surface area contributed by atoms with Crippen molar-refractivity contribution in [2.75, 3.05) is 44.5 Å². The van der Waals surface area contributed by atoms with Crippen LogP contribution >= 0.6 is 0 Å². The van der Waals surface area contributed by atoms with Crippen LogP contribution in [0, 0.1) is 5.92 Å². The predicted molar refractivity (Wildman–Crippen MR) is 143 cm³/mol. The number of fused-ring (bicyclic) bond motifs is 1. The Morgan fingerprint density at radius 1 is 1.08 bits per heavy atom. The van der Waals surface area contributed by atoms with Crippen LogP contribution in [0.1, 0.15) is 50.2 Å². The molecule has 3 N–H and O–H groups in total. The van der Waals surface area contributed by atoms with E-state index in [2.05, 4.69) is 29.4 Å². The summed E-state index contributed by atoms with van der Waals surface area (Å²) in [6.07, 6.45) is 3.10. The quantitative estimate of drug-likeness (QED) is 0.456. The number of likely N-dealkylation sites (tertiary alicyclic amines) is 1. The Bertz CT molecular complexity index is 1240. The summed E-state index contributed by atoms with van der Waals surface area (Å²) in [7, 11) is -1.41. The van der Waals surface area contributed by atoms with E-state index in [1.807, 2.05) is 18.2 Å². The van der Waals surface area contributed by atoms with Crippen molar-refractivity contribution in [1.29, 1.82) is 0 Å². The van der Waals surface area contributed by atoms with Crippen LogP contribution in [0.2, 0.25) is 0 Å². The smallest absolute Gasteiger partial charge is 0.298 e. The minimum Gasteiger partial charge on any atom is -0.496 e. The van der Waals surface area contributed by atoms with Crippen LogP contribution in [0.3, 0.4) is 0 Å². The van der Waals surface area contributed by atoms with Crippen molar-refractivity contribution in [3.8, 4) is 11.5 Å². The van der Waals surface area contributed by atoms with E-state index in [9.17, 15) is 17.8 Å². The highest BCUT2D eigenvalue weighted by Gasteiger charge is 2.27. The van der Waals surface area contributed by atoms with Crippen LogP contribution in [0.4, 0.5) is 11.4 Å². The molecule has 1 saturated heterocycles. The summed E-state index contributed by atoms with van der Waals surface area (Å²) >= 11 is 0. The minimum atomic E-state index is -4.43. The summed E-state index contributed by atoms with van der Waals surface area (Å²) in [5, 5.41) is 6.32. The van der Waals surface area contributed by atoms with E-state index in [0.717, 1.165) is 42.9 Å². The average molecular weight is 532 g/mol. The third kappa shape index (κ3) is 6.19. The van der Waals surface area contributed by atoms with Gasteiger partial charge in [-0.05, 0) is 93.9 Å². The molecule has 4 rings (SSSR count). The van der Waals surface area contributed by atoms with Crippen LogP contribution in [-0.2, 0) is 21.3 Å². The lowest BCUT2D eigenvalue weighted by Gasteiger charge is -2.35. The second-order valence-corrected chi connectivity index (χ2v) is 11.5. The molecule has 37 heavy (non-hydrogen) atoms. The Morgan fingerprint density at radius 3 is 2.41 bits per heavy atom. The lowest BCUT2D eigenvalue weighted by molar-refractivity contribution is -0.119. The fraction of sp³-hybridized carbons (Fsp3) is 0.519. The number of ether oxygens (including phenoxy) is 2. The average Bonchev–Trinajstić information content (AvgIpc) is 3.09. The van der Waals surface area contributed by atoms with Crippen LogP contribution in [0.5, 0.6) is 11.5 Å². The summed E-state index contributed by atoms with van der Waals surface area (Å²) in [5.74, 6) is 0.848. The summed E-state index contributed by atoms with van der Waals surface area (Å²) in [6, 6.07) is 9.33. The number of nitrogens with one attached hydrogen (secondary N) is 2. The molecule has 2 aromatic carbocycles. The largest absolute Gasteiger partial charge is 0.496 e. The van der Waals surface area contributed by atoms with Gasteiger partial charge in [0.2, 0.25) is 5.91 Å². The first-order valence-electron chi connectivity index (χ1n) is 12.8. The Kier molecular flexibility index (Phi) is 8.30. The molecule has 0 saturated carbocycles. The number of piperidine rings is 1. The van der Waals surface area contributed by atoms with E-state index in [1.165, 1.54) is 13.2 Å². The number of rotatable bonds is 7. The highest BCUT2D eigenvalue weighted by atomic mass is 32.2. The number of carbonyl (C=O) groups is 1. The molecule has 1 atom stereocenters. The van der Waals surface area contributed by atoms with E-state index in [1.54, 1.807) is 13.2 Å². The van der Waals surface area contributed by atoms with Crippen molar-refractivity contribution in [3.05, 3.63) is 41.5 Å². The maximum Gasteiger partial charge on any atom is 0.298 e. The van der Waals surface area contributed by atoms with Gasteiger partial charge in [-0.1, -0.05) is 0 Å². The lowest BCUT2D eigenvalue weighted by atomic mass is 9.88. The van der Waals surface area contributed by atoms with Gasteiger partial charge in [0.05, 0.1) is 20.1 Å². The first kappa shape index (κ1) is 27.2. The number of hydrogen-bond acceptors (Lipinski definition) is 7. The standard InChI is InChI=1S/C27H37N3O6S/c1-17(2)30-11-9-18(10-12-30)22-14-21(7-8-24(22)35-3)29-27(31)20-6-5-19-13-26(37(32,33)34)25(36-4)15-23(19)28-16-20/h7-8,13-15,17-18,20,28H,5-6,9-12,16H2,1-4H3,(H,29,31)(H,32,33,34). The summed E-state index contributed by atoms with van der Waals surface area (Å²) in [6.45, 7) is 6.93. The second-order valence-electron chi connectivity index (χ2n) is 10.1. The zero-order valence-corrected chi connectivity index (χ0v) is 22.7. The van der Waals surface area contributed by atoms with Crippen molar-refractivity contribution in [2.45, 2.75) is 56.4 Å². The van der Waals surface area contributed by atoms with Gasteiger partial charge in [-0.15, -0.1) is 0 Å². The molecule has 0 spiro atoms. The summed E-state index contributed by atoms with van der Waals surface area (Å²) in [5.41, 5.74) is 3.27. The maximum atomic E-state index is 13.2. The molecule has 1 amide bonds. The highest BCUT2D eigenvalue weighted by Crippen LogP contribution is 2.37. The highest BCUT2D eigenvalue weighted by molar-refractivity contribution is 7.86. The molecule has 2 aromatic rings. The molecule has 1 unspecified atom stereocenters. The SMILES string of the molecule is COc1ccc(NC(=O)C2CCc3cc(S(=O)(=O)O)c(OC)cc3NC2)cc1C1CCN(C(C)C)CC1. The van der Waals surface area contributed by atoms with E-state index >= 15 is 0 Å². The second kappa shape index (κ2) is 11.3. The van der Waals surface area contributed by atoms with E-state index < -0.39 is 10.1 Å². The topological polar surface area (TPSA) is 117 Å². The summed E-state index contributed by atoms with van der Waals surface area (Å²) in [4.78, 5) is 15.4. The molecule has 202 valence electrons. The monoisotopic (exact) mass is 531 g/mol. The van der Waals surface area contributed by atoms with E-state index in [-0.39, 0.29) is 22.5 Å².